The van der Waals surface area contributed by atoms with Crippen LogP contribution in [0.4, 0.5) is 0 Å². The number of benzene rings is 1. The fraction of sp³-hybridized carbons (Fsp3) is 0.571. The number of ether oxygens (including phenoxy) is 1. The second kappa shape index (κ2) is 5.17. The van der Waals surface area contributed by atoms with E-state index in [1.807, 2.05) is 44.3 Å². The number of aliphatic hydroxyl groups is 1. The molecular formula is C14H22ClNO2. The van der Waals surface area contributed by atoms with E-state index >= 15 is 0 Å². The lowest BCUT2D eigenvalue weighted by Crippen LogP contribution is -2.63. The number of halogens is 1. The lowest BCUT2D eigenvalue weighted by atomic mass is 9.90. The highest BCUT2D eigenvalue weighted by atomic mass is 35.5. The summed E-state index contributed by atoms with van der Waals surface area (Å²) in [6.45, 7) is 6.75. The Morgan fingerprint density at radius 3 is 2.39 bits per heavy atom. The topological polar surface area (TPSA) is 32.7 Å². The molecule has 1 aromatic rings. The smallest absolute Gasteiger partial charge is 0.208 e. The SMILES string of the molecule is CC1N(C)C(C)(C)COC1(O)c1ccccc1.Cl. The van der Waals surface area contributed by atoms with Crippen molar-refractivity contribution in [3.63, 3.8) is 0 Å². The number of likely N-dealkylation sites (N-methyl/N-ethyl adjacent to an activating group) is 1. The van der Waals surface area contributed by atoms with Crippen LogP contribution >= 0.6 is 12.4 Å². The van der Waals surface area contributed by atoms with Gasteiger partial charge in [0, 0.05) is 11.1 Å². The molecule has 18 heavy (non-hydrogen) atoms. The van der Waals surface area contributed by atoms with Crippen molar-refractivity contribution in [2.45, 2.75) is 38.1 Å². The van der Waals surface area contributed by atoms with Crippen molar-refractivity contribution in [2.75, 3.05) is 13.7 Å². The maximum Gasteiger partial charge on any atom is 0.208 e. The Bertz CT molecular complexity index is 396. The van der Waals surface area contributed by atoms with Gasteiger partial charge in [0.2, 0.25) is 5.79 Å². The van der Waals surface area contributed by atoms with Crippen LogP contribution in [0.25, 0.3) is 0 Å². The molecule has 2 unspecified atom stereocenters. The highest BCUT2D eigenvalue weighted by Crippen LogP contribution is 2.37. The summed E-state index contributed by atoms with van der Waals surface area (Å²) in [6.07, 6.45) is 0. The molecule has 102 valence electrons. The average Bonchev–Trinajstić information content (AvgIpc) is 2.34. The summed E-state index contributed by atoms with van der Waals surface area (Å²) >= 11 is 0. The average molecular weight is 272 g/mol. The molecule has 1 aromatic carbocycles. The van der Waals surface area contributed by atoms with Gasteiger partial charge in [-0.2, -0.15) is 0 Å². The lowest BCUT2D eigenvalue weighted by Gasteiger charge is -2.51. The first-order chi connectivity index (χ1) is 7.88. The van der Waals surface area contributed by atoms with Crippen molar-refractivity contribution in [2.24, 2.45) is 0 Å². The third kappa shape index (κ3) is 2.41. The first-order valence-electron chi connectivity index (χ1n) is 6.03. The summed E-state index contributed by atoms with van der Waals surface area (Å²) in [4.78, 5) is 2.17. The van der Waals surface area contributed by atoms with Gasteiger partial charge in [0.15, 0.2) is 0 Å². The van der Waals surface area contributed by atoms with Crippen LogP contribution in [0.2, 0.25) is 0 Å². The fourth-order valence-electron chi connectivity index (χ4n) is 2.30. The summed E-state index contributed by atoms with van der Waals surface area (Å²) in [5.74, 6) is -1.22. The van der Waals surface area contributed by atoms with Crippen molar-refractivity contribution in [1.82, 2.24) is 4.90 Å². The summed E-state index contributed by atoms with van der Waals surface area (Å²) in [6, 6.07) is 9.50. The van der Waals surface area contributed by atoms with Crippen LogP contribution < -0.4 is 0 Å². The first-order valence-corrected chi connectivity index (χ1v) is 6.03. The number of nitrogens with zero attached hydrogens (tertiary/aromatic N) is 1. The Morgan fingerprint density at radius 2 is 1.83 bits per heavy atom. The van der Waals surface area contributed by atoms with E-state index in [1.165, 1.54) is 0 Å². The van der Waals surface area contributed by atoms with Crippen LogP contribution in [0.5, 0.6) is 0 Å². The van der Waals surface area contributed by atoms with Gasteiger partial charge in [-0.3, -0.25) is 4.90 Å². The molecule has 0 saturated carbocycles. The molecule has 0 bridgehead atoms. The van der Waals surface area contributed by atoms with Crippen LogP contribution in [0.1, 0.15) is 26.3 Å². The Hall–Kier alpha value is -0.610. The summed E-state index contributed by atoms with van der Waals surface area (Å²) in [7, 11) is 2.03. The summed E-state index contributed by atoms with van der Waals surface area (Å²) in [5, 5.41) is 10.7. The van der Waals surface area contributed by atoms with Crippen molar-refractivity contribution in [1.29, 1.82) is 0 Å². The third-order valence-corrected chi connectivity index (χ3v) is 3.93. The van der Waals surface area contributed by atoms with E-state index in [9.17, 15) is 5.11 Å². The van der Waals surface area contributed by atoms with Crippen molar-refractivity contribution >= 4 is 12.4 Å². The van der Waals surface area contributed by atoms with Crippen LogP contribution in [0.15, 0.2) is 30.3 Å². The van der Waals surface area contributed by atoms with Crippen LogP contribution in [0, 0.1) is 0 Å². The zero-order valence-corrected chi connectivity index (χ0v) is 12.2. The quantitative estimate of drug-likeness (QED) is 0.851. The molecule has 4 heteroatoms. The molecule has 3 nitrogen and oxygen atoms in total. The van der Waals surface area contributed by atoms with Crippen molar-refractivity contribution < 1.29 is 9.84 Å². The number of rotatable bonds is 1. The number of morpholine rings is 1. The minimum atomic E-state index is -1.22. The lowest BCUT2D eigenvalue weighted by molar-refractivity contribution is -0.298. The predicted octanol–water partition coefficient (Wildman–Crippen LogP) is 2.38. The molecular weight excluding hydrogens is 250 g/mol. The van der Waals surface area contributed by atoms with E-state index in [0.717, 1.165) is 5.56 Å². The second-order valence-corrected chi connectivity index (χ2v) is 5.45. The minimum Gasteiger partial charge on any atom is -0.361 e. The highest BCUT2D eigenvalue weighted by molar-refractivity contribution is 5.85. The van der Waals surface area contributed by atoms with E-state index in [-0.39, 0.29) is 24.0 Å². The molecule has 2 rings (SSSR count). The highest BCUT2D eigenvalue weighted by Gasteiger charge is 2.48. The molecule has 1 heterocycles. The maximum atomic E-state index is 10.7. The summed E-state index contributed by atoms with van der Waals surface area (Å²) < 4.78 is 5.76. The first kappa shape index (κ1) is 15.4. The molecule has 1 N–H and O–H groups in total. The van der Waals surface area contributed by atoms with Gasteiger partial charge in [0.1, 0.15) is 0 Å². The van der Waals surface area contributed by atoms with Crippen molar-refractivity contribution in [3.05, 3.63) is 35.9 Å². The maximum absolute atomic E-state index is 10.7. The molecule has 0 aliphatic carbocycles. The molecule has 0 radical (unpaired) electrons. The molecule has 0 spiro atoms. The summed E-state index contributed by atoms with van der Waals surface area (Å²) in [5.41, 5.74) is 0.760. The predicted molar refractivity (Wildman–Crippen MR) is 74.8 cm³/mol. The molecule has 2 atom stereocenters. The molecule has 0 aromatic heterocycles. The standard InChI is InChI=1S/C14H21NO2.ClH/c1-11-14(16,12-8-6-5-7-9-12)17-10-13(2,3)15(11)4;/h5-9,11,16H,10H2,1-4H3;1H. The number of hydrogen-bond acceptors (Lipinski definition) is 3. The van der Waals surface area contributed by atoms with Crippen LogP contribution in [-0.2, 0) is 10.5 Å². The van der Waals surface area contributed by atoms with Gasteiger partial charge in [-0.15, -0.1) is 12.4 Å². The zero-order chi connectivity index (χ0) is 12.7. The van der Waals surface area contributed by atoms with Crippen LogP contribution in [0.3, 0.4) is 0 Å². The Labute approximate surface area is 115 Å². The number of hydrogen-bond donors (Lipinski definition) is 1. The molecule has 1 aliphatic rings. The fourth-order valence-corrected chi connectivity index (χ4v) is 2.30. The van der Waals surface area contributed by atoms with Gasteiger partial charge in [-0.25, -0.2) is 0 Å². The van der Waals surface area contributed by atoms with E-state index < -0.39 is 5.79 Å². The van der Waals surface area contributed by atoms with Crippen molar-refractivity contribution in [3.8, 4) is 0 Å². The second-order valence-electron chi connectivity index (χ2n) is 5.45. The Kier molecular flexibility index (Phi) is 4.44. The van der Waals surface area contributed by atoms with Gasteiger partial charge in [0.05, 0.1) is 12.6 Å². The monoisotopic (exact) mass is 271 g/mol. The van der Waals surface area contributed by atoms with Gasteiger partial charge in [0.25, 0.3) is 0 Å². The zero-order valence-electron chi connectivity index (χ0n) is 11.4. The van der Waals surface area contributed by atoms with E-state index in [4.69, 9.17) is 4.74 Å². The van der Waals surface area contributed by atoms with E-state index in [0.29, 0.717) is 6.61 Å². The van der Waals surface area contributed by atoms with Gasteiger partial charge in [-0.1, -0.05) is 30.3 Å². The Balaban J connectivity index is 0.00000162. The normalized spacial score (nSPS) is 31.7. The van der Waals surface area contributed by atoms with Gasteiger partial charge < -0.3 is 9.84 Å². The van der Waals surface area contributed by atoms with Crippen LogP contribution in [-0.4, -0.2) is 35.2 Å². The van der Waals surface area contributed by atoms with Gasteiger partial charge >= 0.3 is 0 Å². The Morgan fingerprint density at radius 1 is 1.28 bits per heavy atom. The van der Waals surface area contributed by atoms with E-state index in [1.54, 1.807) is 0 Å². The van der Waals surface area contributed by atoms with Gasteiger partial charge in [-0.05, 0) is 27.8 Å². The third-order valence-electron chi connectivity index (χ3n) is 3.93. The molecule has 1 fully saturated rings. The largest absolute Gasteiger partial charge is 0.361 e. The molecule has 1 aliphatic heterocycles. The minimum absolute atomic E-state index is 0. The molecule has 0 amide bonds. The molecule has 1 saturated heterocycles. The van der Waals surface area contributed by atoms with E-state index in [2.05, 4.69) is 18.7 Å².